The molecule has 2 N–H and O–H groups in total. The van der Waals surface area contributed by atoms with Crippen LogP contribution in [0.25, 0.3) is 0 Å². The molecule has 15 heavy (non-hydrogen) atoms. The van der Waals surface area contributed by atoms with Gasteiger partial charge in [0.15, 0.2) is 0 Å². The molecule has 1 aliphatic rings. The van der Waals surface area contributed by atoms with E-state index < -0.39 is 0 Å². The largest absolute Gasteiger partial charge is 0.494 e. The van der Waals surface area contributed by atoms with Crippen molar-refractivity contribution in [1.82, 2.24) is 0 Å². The summed E-state index contributed by atoms with van der Waals surface area (Å²) in [5, 5.41) is 0. The van der Waals surface area contributed by atoms with Gasteiger partial charge in [-0.05, 0) is 36.1 Å². The quantitative estimate of drug-likeness (QED) is 0.892. The molecule has 0 aromatic heterocycles. The summed E-state index contributed by atoms with van der Waals surface area (Å²) in [6.07, 6.45) is 3.95. The van der Waals surface area contributed by atoms with Gasteiger partial charge in [0.1, 0.15) is 5.75 Å². The summed E-state index contributed by atoms with van der Waals surface area (Å²) in [5.74, 6) is 1.84. The lowest BCUT2D eigenvalue weighted by Gasteiger charge is -2.08. The van der Waals surface area contributed by atoms with Crippen LogP contribution in [0.3, 0.4) is 0 Å². The third kappa shape index (κ3) is 3.50. The summed E-state index contributed by atoms with van der Waals surface area (Å²) in [6.45, 7) is 1.38. The number of nitrogens with two attached hydrogens (primary N) is 1. The van der Waals surface area contributed by atoms with Crippen molar-refractivity contribution in [3.8, 4) is 5.75 Å². The number of hydrogen-bond acceptors (Lipinski definition) is 2. The van der Waals surface area contributed by atoms with Gasteiger partial charge in [-0.3, -0.25) is 0 Å². The molecule has 82 valence electrons. The second kappa shape index (κ2) is 4.99. The van der Waals surface area contributed by atoms with Crippen molar-refractivity contribution in [2.75, 3.05) is 6.61 Å². The van der Waals surface area contributed by atoms with Gasteiger partial charge in [-0.1, -0.05) is 28.8 Å². The first kappa shape index (κ1) is 11.0. The Bertz CT molecular complexity index is 336. The summed E-state index contributed by atoms with van der Waals surface area (Å²) in [7, 11) is 0. The molecule has 1 aromatic rings. The zero-order valence-electron chi connectivity index (χ0n) is 8.71. The molecule has 1 saturated carbocycles. The number of hydrogen-bond donors (Lipinski definition) is 1. The second-order valence-electron chi connectivity index (χ2n) is 4.08. The van der Waals surface area contributed by atoms with E-state index in [2.05, 4.69) is 15.9 Å². The zero-order chi connectivity index (χ0) is 10.7. The minimum Gasteiger partial charge on any atom is -0.494 e. The molecule has 0 bridgehead atoms. The summed E-state index contributed by atoms with van der Waals surface area (Å²) in [6, 6.07) is 6.03. The summed E-state index contributed by atoms with van der Waals surface area (Å²) in [5.41, 5.74) is 6.70. The van der Waals surface area contributed by atoms with Crippen LogP contribution < -0.4 is 10.5 Å². The first-order valence-electron chi connectivity index (χ1n) is 5.40. The van der Waals surface area contributed by atoms with E-state index in [0.717, 1.165) is 28.3 Å². The zero-order valence-corrected chi connectivity index (χ0v) is 10.3. The van der Waals surface area contributed by atoms with Gasteiger partial charge >= 0.3 is 0 Å². The van der Waals surface area contributed by atoms with Gasteiger partial charge in [0, 0.05) is 11.0 Å². The number of benzene rings is 1. The average Bonchev–Trinajstić information content (AvgIpc) is 3.01. The molecule has 3 heteroatoms. The molecular formula is C12H16BrNO. The highest BCUT2D eigenvalue weighted by Gasteiger charge is 2.20. The normalized spacial score (nSPS) is 15.3. The number of rotatable bonds is 5. The monoisotopic (exact) mass is 269 g/mol. The van der Waals surface area contributed by atoms with Gasteiger partial charge in [0.25, 0.3) is 0 Å². The average molecular weight is 270 g/mol. The van der Waals surface area contributed by atoms with E-state index in [-0.39, 0.29) is 0 Å². The predicted molar refractivity (Wildman–Crippen MR) is 64.9 cm³/mol. The van der Waals surface area contributed by atoms with Crippen LogP contribution in [0.15, 0.2) is 22.7 Å². The number of ether oxygens (including phenoxy) is 1. The van der Waals surface area contributed by atoms with Gasteiger partial charge in [-0.2, -0.15) is 0 Å². The molecule has 1 aliphatic carbocycles. The Labute approximate surface area is 98.9 Å². The Morgan fingerprint density at radius 3 is 2.80 bits per heavy atom. The van der Waals surface area contributed by atoms with Crippen molar-refractivity contribution < 1.29 is 4.74 Å². The van der Waals surface area contributed by atoms with E-state index in [9.17, 15) is 0 Å². The van der Waals surface area contributed by atoms with Gasteiger partial charge < -0.3 is 10.5 Å². The maximum atomic E-state index is 5.69. The molecule has 0 aliphatic heterocycles. The standard InChI is InChI=1S/C12H16BrNO/c13-11-5-10(8-14)6-12(7-11)15-4-3-9-1-2-9/h5-7,9H,1-4,8,14H2. The highest BCUT2D eigenvalue weighted by atomic mass is 79.9. The molecule has 0 unspecified atom stereocenters. The van der Waals surface area contributed by atoms with Crippen LogP contribution >= 0.6 is 15.9 Å². The van der Waals surface area contributed by atoms with Gasteiger partial charge in [0.05, 0.1) is 6.61 Å². The molecule has 0 spiro atoms. The predicted octanol–water partition coefficient (Wildman–Crippen LogP) is 3.09. The lowest BCUT2D eigenvalue weighted by atomic mass is 10.2. The third-order valence-corrected chi connectivity index (χ3v) is 3.12. The Morgan fingerprint density at radius 1 is 1.33 bits per heavy atom. The van der Waals surface area contributed by atoms with Crippen LogP contribution in [0.2, 0.25) is 0 Å². The molecule has 0 atom stereocenters. The molecule has 0 saturated heterocycles. The lowest BCUT2D eigenvalue weighted by molar-refractivity contribution is 0.302. The fraction of sp³-hybridized carbons (Fsp3) is 0.500. The van der Waals surface area contributed by atoms with Gasteiger partial charge in [-0.25, -0.2) is 0 Å². The lowest BCUT2D eigenvalue weighted by Crippen LogP contribution is -2.01. The van der Waals surface area contributed by atoms with Crippen molar-refractivity contribution in [2.45, 2.75) is 25.8 Å². The van der Waals surface area contributed by atoms with Crippen molar-refractivity contribution in [1.29, 1.82) is 0 Å². The van der Waals surface area contributed by atoms with Gasteiger partial charge in [-0.15, -0.1) is 0 Å². The number of halogens is 1. The molecule has 0 heterocycles. The first-order chi connectivity index (χ1) is 7.28. The van der Waals surface area contributed by atoms with Crippen LogP contribution in [0.4, 0.5) is 0 Å². The maximum Gasteiger partial charge on any atom is 0.120 e. The smallest absolute Gasteiger partial charge is 0.120 e. The summed E-state index contributed by atoms with van der Waals surface area (Å²) < 4.78 is 6.73. The van der Waals surface area contributed by atoms with Crippen LogP contribution in [0, 0.1) is 5.92 Å². The van der Waals surface area contributed by atoms with E-state index in [4.69, 9.17) is 10.5 Å². The van der Waals surface area contributed by atoms with E-state index in [1.807, 2.05) is 18.2 Å². The minimum absolute atomic E-state index is 0.554. The summed E-state index contributed by atoms with van der Waals surface area (Å²) >= 11 is 3.45. The first-order valence-corrected chi connectivity index (χ1v) is 6.19. The molecule has 1 fully saturated rings. The Hall–Kier alpha value is -0.540. The molecule has 0 radical (unpaired) electrons. The molecule has 1 aromatic carbocycles. The van der Waals surface area contributed by atoms with Crippen LogP contribution in [0.5, 0.6) is 5.75 Å². The Balaban J connectivity index is 1.90. The Kier molecular flexibility index (Phi) is 3.65. The van der Waals surface area contributed by atoms with Crippen LogP contribution in [0.1, 0.15) is 24.8 Å². The van der Waals surface area contributed by atoms with E-state index in [1.54, 1.807) is 0 Å². The van der Waals surface area contributed by atoms with E-state index in [0.29, 0.717) is 6.54 Å². The fourth-order valence-corrected chi connectivity index (χ4v) is 2.09. The highest BCUT2D eigenvalue weighted by Crippen LogP contribution is 2.32. The van der Waals surface area contributed by atoms with Crippen molar-refractivity contribution in [3.63, 3.8) is 0 Å². The maximum absolute atomic E-state index is 5.69. The summed E-state index contributed by atoms with van der Waals surface area (Å²) in [4.78, 5) is 0. The topological polar surface area (TPSA) is 35.2 Å². The minimum atomic E-state index is 0.554. The molecular weight excluding hydrogens is 254 g/mol. The Morgan fingerprint density at radius 2 is 2.13 bits per heavy atom. The van der Waals surface area contributed by atoms with Crippen molar-refractivity contribution >= 4 is 15.9 Å². The van der Waals surface area contributed by atoms with Crippen molar-refractivity contribution in [2.24, 2.45) is 11.7 Å². The highest BCUT2D eigenvalue weighted by molar-refractivity contribution is 9.10. The molecule has 2 nitrogen and oxygen atoms in total. The van der Waals surface area contributed by atoms with Crippen LogP contribution in [-0.2, 0) is 6.54 Å². The fourth-order valence-electron chi connectivity index (χ4n) is 1.57. The SMILES string of the molecule is NCc1cc(Br)cc(OCCC2CC2)c1. The molecule has 0 amide bonds. The van der Waals surface area contributed by atoms with Gasteiger partial charge in [0.2, 0.25) is 0 Å². The van der Waals surface area contributed by atoms with Crippen LogP contribution in [-0.4, -0.2) is 6.61 Å². The van der Waals surface area contributed by atoms with E-state index in [1.165, 1.54) is 19.3 Å². The second-order valence-corrected chi connectivity index (χ2v) is 5.00. The molecule has 2 rings (SSSR count). The van der Waals surface area contributed by atoms with Crippen molar-refractivity contribution in [3.05, 3.63) is 28.2 Å². The third-order valence-electron chi connectivity index (χ3n) is 2.66. The van der Waals surface area contributed by atoms with E-state index >= 15 is 0 Å².